The van der Waals surface area contributed by atoms with Crippen LogP contribution in [-0.4, -0.2) is 95.0 Å². The molecule has 1 saturated heterocycles. The Labute approximate surface area is 202 Å². The molecule has 1 aliphatic rings. The molecule has 3 heterocycles. The monoisotopic (exact) mass is 467 g/mol. The SMILES string of the molecule is COc1ccc(-c2cnc3ncnn3c2N2CCN(CCN(C(C)C)C(C)C)CC2)cc1OC. The molecule has 2 aromatic heterocycles. The van der Waals surface area contributed by atoms with Gasteiger partial charge in [0.2, 0.25) is 0 Å². The number of ether oxygens (including phenoxy) is 2. The Balaban J connectivity index is 1.56. The van der Waals surface area contributed by atoms with Crippen molar-refractivity contribution >= 4 is 11.6 Å². The number of fused-ring (bicyclic) bond motifs is 1. The van der Waals surface area contributed by atoms with Crippen molar-refractivity contribution in [3.05, 3.63) is 30.7 Å². The van der Waals surface area contributed by atoms with E-state index in [0.717, 1.165) is 56.2 Å². The molecule has 9 heteroatoms. The van der Waals surface area contributed by atoms with E-state index >= 15 is 0 Å². The summed E-state index contributed by atoms with van der Waals surface area (Å²) in [4.78, 5) is 16.4. The van der Waals surface area contributed by atoms with E-state index in [1.807, 2.05) is 28.9 Å². The molecular formula is C25H37N7O2. The third-order valence-electron chi connectivity index (χ3n) is 6.65. The number of piperazine rings is 1. The van der Waals surface area contributed by atoms with E-state index in [-0.39, 0.29) is 0 Å². The molecule has 1 fully saturated rings. The number of nitrogens with zero attached hydrogens (tertiary/aromatic N) is 7. The molecule has 0 saturated carbocycles. The zero-order chi connectivity index (χ0) is 24.2. The van der Waals surface area contributed by atoms with Crippen molar-refractivity contribution in [3.63, 3.8) is 0 Å². The molecule has 34 heavy (non-hydrogen) atoms. The lowest BCUT2D eigenvalue weighted by Crippen LogP contribution is -2.50. The van der Waals surface area contributed by atoms with Crippen molar-refractivity contribution in [2.24, 2.45) is 0 Å². The molecule has 4 rings (SSSR count). The zero-order valence-corrected chi connectivity index (χ0v) is 21.2. The lowest BCUT2D eigenvalue weighted by molar-refractivity contribution is 0.140. The minimum Gasteiger partial charge on any atom is -0.493 e. The van der Waals surface area contributed by atoms with E-state index in [1.54, 1.807) is 20.5 Å². The Bertz CT molecular complexity index is 1080. The molecule has 0 bridgehead atoms. The second-order valence-corrected chi connectivity index (χ2v) is 9.29. The first kappa shape index (κ1) is 24.2. The van der Waals surface area contributed by atoms with Crippen molar-refractivity contribution < 1.29 is 9.47 Å². The van der Waals surface area contributed by atoms with Gasteiger partial charge in [0.25, 0.3) is 5.78 Å². The Morgan fingerprint density at radius 1 is 0.941 bits per heavy atom. The topological polar surface area (TPSA) is 71.3 Å². The van der Waals surface area contributed by atoms with Crippen molar-refractivity contribution in [1.29, 1.82) is 0 Å². The van der Waals surface area contributed by atoms with Crippen molar-refractivity contribution in [2.45, 2.75) is 39.8 Å². The molecular weight excluding hydrogens is 430 g/mol. The normalized spacial score (nSPS) is 15.1. The Morgan fingerprint density at radius 2 is 1.65 bits per heavy atom. The van der Waals surface area contributed by atoms with Crippen LogP contribution in [-0.2, 0) is 0 Å². The standard InChI is InChI=1S/C25H37N7O2/c1-18(2)31(19(3)4)14-11-29-9-12-30(13-10-29)24-21(16-26-25-27-17-28-32(24)25)20-7-8-22(33-5)23(15-20)34-6/h7-8,15-19H,9-14H2,1-6H3. The first-order valence-corrected chi connectivity index (χ1v) is 12.1. The maximum atomic E-state index is 5.55. The Kier molecular flexibility index (Phi) is 7.53. The fourth-order valence-electron chi connectivity index (χ4n) is 4.83. The van der Waals surface area contributed by atoms with Gasteiger partial charge in [-0.3, -0.25) is 9.80 Å². The van der Waals surface area contributed by atoms with Crippen LogP contribution < -0.4 is 14.4 Å². The summed E-state index contributed by atoms with van der Waals surface area (Å²) >= 11 is 0. The molecule has 0 amide bonds. The van der Waals surface area contributed by atoms with Gasteiger partial charge in [-0.25, -0.2) is 4.98 Å². The molecule has 0 unspecified atom stereocenters. The molecule has 0 atom stereocenters. The van der Waals surface area contributed by atoms with Gasteiger partial charge in [0.15, 0.2) is 11.5 Å². The van der Waals surface area contributed by atoms with Gasteiger partial charge in [-0.15, -0.1) is 0 Å². The first-order chi connectivity index (χ1) is 16.4. The fraction of sp³-hybridized carbons (Fsp3) is 0.560. The summed E-state index contributed by atoms with van der Waals surface area (Å²) in [5, 5.41) is 4.50. The van der Waals surface area contributed by atoms with Gasteiger partial charge in [-0.05, 0) is 45.4 Å². The number of hydrogen-bond acceptors (Lipinski definition) is 8. The number of anilines is 1. The Hall–Kier alpha value is -2.91. The highest BCUT2D eigenvalue weighted by Crippen LogP contribution is 2.36. The molecule has 3 aromatic rings. The van der Waals surface area contributed by atoms with Crippen molar-refractivity contribution in [1.82, 2.24) is 29.4 Å². The van der Waals surface area contributed by atoms with Gasteiger partial charge in [0.1, 0.15) is 12.1 Å². The highest BCUT2D eigenvalue weighted by Gasteiger charge is 2.25. The van der Waals surface area contributed by atoms with Gasteiger partial charge in [0, 0.05) is 63.1 Å². The van der Waals surface area contributed by atoms with E-state index < -0.39 is 0 Å². The molecule has 0 aliphatic carbocycles. The summed E-state index contributed by atoms with van der Waals surface area (Å²) in [5.74, 6) is 3.01. The van der Waals surface area contributed by atoms with Crippen LogP contribution >= 0.6 is 0 Å². The molecule has 184 valence electrons. The molecule has 1 aromatic carbocycles. The quantitative estimate of drug-likeness (QED) is 0.476. The summed E-state index contributed by atoms with van der Waals surface area (Å²) in [6.45, 7) is 15.1. The largest absolute Gasteiger partial charge is 0.493 e. The van der Waals surface area contributed by atoms with Gasteiger partial charge in [-0.1, -0.05) is 6.07 Å². The molecule has 1 aliphatic heterocycles. The highest BCUT2D eigenvalue weighted by molar-refractivity contribution is 5.78. The van der Waals surface area contributed by atoms with E-state index in [4.69, 9.17) is 9.47 Å². The van der Waals surface area contributed by atoms with Crippen molar-refractivity contribution in [3.8, 4) is 22.6 Å². The van der Waals surface area contributed by atoms with E-state index in [0.29, 0.717) is 29.4 Å². The molecule has 0 radical (unpaired) electrons. The van der Waals surface area contributed by atoms with Gasteiger partial charge >= 0.3 is 0 Å². The predicted molar refractivity (Wildman–Crippen MR) is 135 cm³/mol. The van der Waals surface area contributed by atoms with Gasteiger partial charge in [-0.2, -0.15) is 14.6 Å². The summed E-state index contributed by atoms with van der Waals surface area (Å²) in [6.07, 6.45) is 3.45. The molecule has 0 N–H and O–H groups in total. The summed E-state index contributed by atoms with van der Waals surface area (Å²) < 4.78 is 12.8. The van der Waals surface area contributed by atoms with Crippen LogP contribution in [0.3, 0.4) is 0 Å². The van der Waals surface area contributed by atoms with Crippen LogP contribution in [0.4, 0.5) is 5.82 Å². The third-order valence-corrected chi connectivity index (χ3v) is 6.65. The summed E-state index contributed by atoms with van der Waals surface area (Å²) in [7, 11) is 3.30. The third kappa shape index (κ3) is 4.95. The predicted octanol–water partition coefficient (Wildman–Crippen LogP) is 3.05. The molecule has 9 nitrogen and oxygen atoms in total. The van der Waals surface area contributed by atoms with Crippen LogP contribution in [0.15, 0.2) is 30.7 Å². The van der Waals surface area contributed by atoms with Gasteiger partial charge < -0.3 is 14.4 Å². The van der Waals surface area contributed by atoms with E-state index in [2.05, 4.69) is 57.5 Å². The van der Waals surface area contributed by atoms with Crippen LogP contribution in [0.2, 0.25) is 0 Å². The minimum atomic E-state index is 0.558. The highest BCUT2D eigenvalue weighted by atomic mass is 16.5. The average Bonchev–Trinajstić information content (AvgIpc) is 3.32. The zero-order valence-electron chi connectivity index (χ0n) is 21.2. The second-order valence-electron chi connectivity index (χ2n) is 9.29. The first-order valence-electron chi connectivity index (χ1n) is 12.1. The van der Waals surface area contributed by atoms with Crippen LogP contribution in [0.5, 0.6) is 11.5 Å². The Morgan fingerprint density at radius 3 is 2.29 bits per heavy atom. The average molecular weight is 468 g/mol. The minimum absolute atomic E-state index is 0.558. The van der Waals surface area contributed by atoms with Crippen molar-refractivity contribution in [2.75, 3.05) is 58.4 Å². The smallest absolute Gasteiger partial charge is 0.254 e. The number of rotatable bonds is 9. The molecule has 0 spiro atoms. The lowest BCUT2D eigenvalue weighted by atomic mass is 10.1. The number of benzene rings is 1. The fourth-order valence-corrected chi connectivity index (χ4v) is 4.83. The lowest BCUT2D eigenvalue weighted by Gasteiger charge is -2.38. The van der Waals surface area contributed by atoms with Gasteiger partial charge in [0.05, 0.1) is 14.2 Å². The maximum Gasteiger partial charge on any atom is 0.254 e. The summed E-state index contributed by atoms with van der Waals surface area (Å²) in [5.41, 5.74) is 2.00. The maximum absolute atomic E-state index is 5.55. The number of hydrogen-bond donors (Lipinski definition) is 0. The van der Waals surface area contributed by atoms with Crippen LogP contribution in [0.1, 0.15) is 27.7 Å². The van der Waals surface area contributed by atoms with Crippen LogP contribution in [0.25, 0.3) is 16.9 Å². The van der Waals surface area contributed by atoms with E-state index in [1.165, 1.54) is 0 Å². The summed E-state index contributed by atoms with van der Waals surface area (Å²) in [6, 6.07) is 7.07. The second kappa shape index (κ2) is 10.6. The van der Waals surface area contributed by atoms with Crippen LogP contribution in [0, 0.1) is 0 Å². The van der Waals surface area contributed by atoms with E-state index in [9.17, 15) is 0 Å². The number of aromatic nitrogens is 4. The number of methoxy groups -OCH3 is 2.